The van der Waals surface area contributed by atoms with Gasteiger partial charge in [-0.25, -0.2) is 4.39 Å². The van der Waals surface area contributed by atoms with Crippen LogP contribution in [0.4, 0.5) is 4.39 Å². The summed E-state index contributed by atoms with van der Waals surface area (Å²) in [5, 5.41) is 0.256. The van der Waals surface area contributed by atoms with Crippen LogP contribution in [-0.2, 0) is 4.79 Å². The molecule has 1 aromatic heterocycles. The van der Waals surface area contributed by atoms with Gasteiger partial charge in [0.2, 0.25) is 5.88 Å². The maximum Gasteiger partial charge on any atom is 0.281 e. The van der Waals surface area contributed by atoms with Crippen LogP contribution in [0.25, 0.3) is 0 Å². The van der Waals surface area contributed by atoms with Crippen molar-refractivity contribution in [3.8, 4) is 5.88 Å². The van der Waals surface area contributed by atoms with Gasteiger partial charge in [0.05, 0.1) is 19.0 Å². The van der Waals surface area contributed by atoms with Crippen molar-refractivity contribution in [3.05, 3.63) is 30.0 Å². The van der Waals surface area contributed by atoms with E-state index in [1.165, 1.54) is 17.3 Å². The molecule has 0 bridgehead atoms. The zero-order chi connectivity index (χ0) is 13.1. The second-order valence-corrected chi connectivity index (χ2v) is 4.36. The minimum absolute atomic E-state index is 0.161. The average molecular weight is 272 g/mol. The van der Waals surface area contributed by atoms with Crippen molar-refractivity contribution in [2.45, 2.75) is 0 Å². The lowest BCUT2D eigenvalue weighted by atomic mass is 10.0. The number of hydrogen-bond acceptors (Lipinski definition) is 4. The van der Waals surface area contributed by atoms with Crippen LogP contribution in [-0.4, -0.2) is 40.5 Å². The first-order chi connectivity index (χ1) is 8.56. The van der Waals surface area contributed by atoms with Crippen molar-refractivity contribution in [1.29, 1.82) is 0 Å². The summed E-state index contributed by atoms with van der Waals surface area (Å²) in [7, 11) is 0. The third-order valence-corrected chi connectivity index (χ3v) is 2.71. The van der Waals surface area contributed by atoms with E-state index in [1.54, 1.807) is 0 Å². The number of amides is 1. The Labute approximate surface area is 108 Å². The summed E-state index contributed by atoms with van der Waals surface area (Å²) in [4.78, 5) is 20.3. The van der Waals surface area contributed by atoms with Gasteiger partial charge in [0, 0.05) is 19.0 Å². The fraction of sp³-hybridized carbons (Fsp3) is 0.364. The molecular formula is C11H11ClFN3O2. The van der Waals surface area contributed by atoms with Gasteiger partial charge in [0.15, 0.2) is 11.0 Å². The molecule has 0 aliphatic carbocycles. The Bertz CT molecular complexity index is 477. The number of halogens is 2. The van der Waals surface area contributed by atoms with Gasteiger partial charge in [0.1, 0.15) is 0 Å². The van der Waals surface area contributed by atoms with Gasteiger partial charge in [0.25, 0.3) is 5.91 Å². The van der Waals surface area contributed by atoms with Crippen LogP contribution in [0.3, 0.4) is 0 Å². The molecule has 1 aliphatic rings. The summed E-state index contributed by atoms with van der Waals surface area (Å²) >= 11 is 5.65. The highest BCUT2D eigenvalue weighted by atomic mass is 35.5. The summed E-state index contributed by atoms with van der Waals surface area (Å²) in [6, 6.07) is 0. The zero-order valence-electron chi connectivity index (χ0n) is 9.47. The van der Waals surface area contributed by atoms with Crippen molar-refractivity contribution in [2.75, 3.05) is 19.7 Å². The predicted octanol–water partition coefficient (Wildman–Crippen LogP) is 1.45. The highest BCUT2D eigenvalue weighted by Crippen LogP contribution is 2.19. The number of nitrogens with zero attached hydrogens (tertiary/aromatic N) is 3. The van der Waals surface area contributed by atoms with Gasteiger partial charge in [-0.3, -0.25) is 9.78 Å². The lowest BCUT2D eigenvalue weighted by molar-refractivity contribution is -0.135. The molecule has 2 rings (SSSR count). The molecule has 1 aromatic rings. The first-order valence-electron chi connectivity index (χ1n) is 5.30. The van der Waals surface area contributed by atoms with Gasteiger partial charge >= 0.3 is 0 Å². The molecule has 1 aliphatic heterocycles. The van der Waals surface area contributed by atoms with Crippen molar-refractivity contribution in [1.82, 2.24) is 14.9 Å². The van der Waals surface area contributed by atoms with Gasteiger partial charge < -0.3 is 9.64 Å². The third-order valence-electron chi connectivity index (χ3n) is 2.53. The molecule has 7 heteroatoms. The average Bonchev–Trinajstić information content (AvgIpc) is 2.26. The number of ether oxygens (including phenoxy) is 1. The fourth-order valence-electron chi connectivity index (χ4n) is 1.61. The smallest absolute Gasteiger partial charge is 0.281 e. The fourth-order valence-corrected chi connectivity index (χ4v) is 1.75. The van der Waals surface area contributed by atoms with E-state index in [0.717, 1.165) is 0 Å². The molecule has 5 nitrogen and oxygen atoms in total. The summed E-state index contributed by atoms with van der Waals surface area (Å²) < 4.78 is 17.9. The molecule has 1 amide bonds. The second-order valence-electron chi connectivity index (χ2n) is 3.97. The first-order valence-corrected chi connectivity index (χ1v) is 5.68. The molecule has 0 unspecified atom stereocenters. The minimum atomic E-state index is -0.935. The highest BCUT2D eigenvalue weighted by Gasteiger charge is 2.32. The van der Waals surface area contributed by atoms with Gasteiger partial charge in [-0.1, -0.05) is 18.2 Å². The van der Waals surface area contributed by atoms with E-state index in [-0.39, 0.29) is 11.1 Å². The molecule has 0 spiro atoms. The number of hydrogen-bond donors (Lipinski definition) is 0. The van der Waals surface area contributed by atoms with Crippen molar-refractivity contribution in [2.24, 2.45) is 5.92 Å². The van der Waals surface area contributed by atoms with Gasteiger partial charge in [-0.15, -0.1) is 0 Å². The lowest BCUT2D eigenvalue weighted by Crippen LogP contribution is -2.52. The number of rotatable bonds is 4. The van der Waals surface area contributed by atoms with Crippen LogP contribution in [0.5, 0.6) is 5.88 Å². The van der Waals surface area contributed by atoms with Crippen LogP contribution in [0, 0.1) is 5.92 Å². The Balaban J connectivity index is 1.75. The Morgan fingerprint density at radius 3 is 2.94 bits per heavy atom. The Hall–Kier alpha value is -1.69. The number of carbonyl (C=O) groups is 1. The SMILES string of the molecule is C=C(F)C(=O)N1CC(COc2cncc(Cl)n2)C1. The number of carbonyl (C=O) groups excluding carboxylic acids is 1. The molecule has 0 aromatic carbocycles. The Kier molecular flexibility index (Phi) is 3.76. The Morgan fingerprint density at radius 2 is 2.33 bits per heavy atom. The van der Waals surface area contributed by atoms with E-state index in [1.807, 2.05) is 0 Å². The van der Waals surface area contributed by atoms with Crippen LogP contribution in [0.1, 0.15) is 0 Å². The zero-order valence-corrected chi connectivity index (χ0v) is 10.2. The Morgan fingerprint density at radius 1 is 1.61 bits per heavy atom. The number of aromatic nitrogens is 2. The maximum absolute atomic E-state index is 12.5. The molecule has 1 saturated heterocycles. The van der Waals surface area contributed by atoms with Gasteiger partial charge in [-0.05, 0) is 0 Å². The minimum Gasteiger partial charge on any atom is -0.476 e. The molecule has 96 valence electrons. The summed E-state index contributed by atoms with van der Waals surface area (Å²) in [6.07, 6.45) is 2.86. The van der Waals surface area contributed by atoms with Crippen LogP contribution < -0.4 is 4.74 Å². The van der Waals surface area contributed by atoms with Crippen molar-refractivity contribution in [3.63, 3.8) is 0 Å². The molecular weight excluding hydrogens is 261 g/mol. The lowest BCUT2D eigenvalue weighted by Gasteiger charge is -2.38. The third kappa shape index (κ3) is 2.95. The number of likely N-dealkylation sites (tertiary alicyclic amines) is 1. The standard InChI is InChI=1S/C11H11ClFN3O2/c1-7(13)11(17)16-4-8(5-16)6-18-10-3-14-2-9(12)15-10/h2-3,8H,1,4-6H2. The molecule has 2 heterocycles. The van der Waals surface area contributed by atoms with E-state index in [2.05, 4.69) is 16.5 Å². The molecule has 1 fully saturated rings. The van der Waals surface area contributed by atoms with E-state index in [0.29, 0.717) is 25.6 Å². The topological polar surface area (TPSA) is 55.3 Å². The highest BCUT2D eigenvalue weighted by molar-refractivity contribution is 6.29. The van der Waals surface area contributed by atoms with E-state index >= 15 is 0 Å². The van der Waals surface area contributed by atoms with Crippen molar-refractivity contribution < 1.29 is 13.9 Å². The summed E-state index contributed by atoms with van der Waals surface area (Å²) in [6.45, 7) is 4.26. The van der Waals surface area contributed by atoms with E-state index in [9.17, 15) is 9.18 Å². The second kappa shape index (κ2) is 5.30. The van der Waals surface area contributed by atoms with Crippen LogP contribution in [0.15, 0.2) is 24.8 Å². The molecule has 0 N–H and O–H groups in total. The molecule has 18 heavy (non-hydrogen) atoms. The normalized spacial score (nSPS) is 15.1. The maximum atomic E-state index is 12.5. The first kappa shape index (κ1) is 12.8. The summed E-state index contributed by atoms with van der Waals surface area (Å²) in [5.41, 5.74) is 0. The quantitative estimate of drug-likeness (QED) is 0.778. The molecule has 0 radical (unpaired) electrons. The van der Waals surface area contributed by atoms with Crippen LogP contribution >= 0.6 is 11.6 Å². The monoisotopic (exact) mass is 271 g/mol. The van der Waals surface area contributed by atoms with Crippen LogP contribution in [0.2, 0.25) is 5.15 Å². The molecule has 0 saturated carbocycles. The predicted molar refractivity (Wildman–Crippen MR) is 62.9 cm³/mol. The van der Waals surface area contributed by atoms with E-state index < -0.39 is 11.7 Å². The van der Waals surface area contributed by atoms with Crippen molar-refractivity contribution >= 4 is 17.5 Å². The van der Waals surface area contributed by atoms with E-state index in [4.69, 9.17) is 16.3 Å². The van der Waals surface area contributed by atoms with Gasteiger partial charge in [-0.2, -0.15) is 4.98 Å². The largest absolute Gasteiger partial charge is 0.476 e. The molecule has 0 atom stereocenters. The summed E-state index contributed by atoms with van der Waals surface area (Å²) in [5.74, 6) is -1.10.